The van der Waals surface area contributed by atoms with Crippen molar-refractivity contribution in [1.29, 1.82) is 0 Å². The van der Waals surface area contributed by atoms with Crippen LogP contribution in [0.25, 0.3) is 11.3 Å². The first-order valence-corrected chi connectivity index (χ1v) is 10.1. The van der Waals surface area contributed by atoms with Crippen molar-refractivity contribution in [2.24, 2.45) is 7.05 Å². The molecule has 0 saturated carbocycles. The number of aromatic nitrogens is 2. The number of nitrogens with zero attached hydrogens (tertiary/aromatic N) is 5. The average molecular weight is 432 g/mol. The largest absolute Gasteiger partial charge is 0.434 e. The van der Waals surface area contributed by atoms with Crippen molar-refractivity contribution in [1.82, 2.24) is 24.6 Å². The molecule has 1 aromatic heterocycles. The lowest BCUT2D eigenvalue weighted by Crippen LogP contribution is -2.50. The van der Waals surface area contributed by atoms with Gasteiger partial charge in [-0.05, 0) is 6.07 Å². The fraction of sp³-hybridized carbons (Fsp3) is 0.400. The molecular weight excluding hydrogens is 410 g/mol. The van der Waals surface area contributed by atoms with E-state index in [4.69, 9.17) is 16.4 Å². The van der Waals surface area contributed by atoms with E-state index >= 15 is 0 Å². The van der Waals surface area contributed by atoms with E-state index in [9.17, 15) is 14.4 Å². The third kappa shape index (κ3) is 4.17. The summed E-state index contributed by atoms with van der Waals surface area (Å²) in [6, 6.07) is 7.61. The van der Waals surface area contributed by atoms with Crippen LogP contribution in [0.4, 0.5) is 4.79 Å². The number of carbonyl (C=O) groups is 3. The van der Waals surface area contributed by atoms with Gasteiger partial charge in [-0.3, -0.25) is 19.2 Å². The first-order valence-electron chi connectivity index (χ1n) is 9.75. The summed E-state index contributed by atoms with van der Waals surface area (Å²) in [4.78, 5) is 44.3. The van der Waals surface area contributed by atoms with Gasteiger partial charge in [0, 0.05) is 69.9 Å². The van der Waals surface area contributed by atoms with Crippen LogP contribution in [0.5, 0.6) is 0 Å². The topological polar surface area (TPSA) is 88.0 Å². The van der Waals surface area contributed by atoms with Crippen LogP contribution in [0, 0.1) is 0 Å². The van der Waals surface area contributed by atoms with Gasteiger partial charge in [0.2, 0.25) is 0 Å². The molecule has 0 atom stereocenters. The Morgan fingerprint density at radius 3 is 2.43 bits per heavy atom. The summed E-state index contributed by atoms with van der Waals surface area (Å²) in [6.07, 6.45) is 1.47. The third-order valence-electron chi connectivity index (χ3n) is 5.23. The lowest BCUT2D eigenvalue weighted by Gasteiger charge is -2.34. The molecule has 2 saturated heterocycles. The zero-order chi connectivity index (χ0) is 21.3. The Morgan fingerprint density at radius 2 is 1.77 bits per heavy atom. The van der Waals surface area contributed by atoms with Gasteiger partial charge in [-0.1, -0.05) is 29.8 Å². The van der Waals surface area contributed by atoms with Gasteiger partial charge < -0.3 is 9.74 Å². The molecule has 2 aromatic rings. The number of imide groups is 1. The number of benzene rings is 1. The second-order valence-corrected chi connectivity index (χ2v) is 7.77. The Bertz CT molecular complexity index is 967. The molecule has 2 aliphatic heterocycles. The first kappa shape index (κ1) is 20.4. The van der Waals surface area contributed by atoms with Crippen molar-refractivity contribution in [3.05, 3.63) is 41.0 Å². The van der Waals surface area contributed by atoms with Crippen LogP contribution in [0.1, 0.15) is 18.4 Å². The molecular formula is C20H22ClN5O4. The second-order valence-electron chi connectivity index (χ2n) is 7.36. The van der Waals surface area contributed by atoms with E-state index in [0.29, 0.717) is 42.8 Å². The minimum atomic E-state index is -0.670. The number of halogens is 1. The summed E-state index contributed by atoms with van der Waals surface area (Å²) in [5, 5.41) is 5.81. The molecule has 4 rings (SSSR count). The number of hydrogen-bond donors (Lipinski definition) is 0. The standard InChI is InChI=1S/C20H22ClN5O4/c1-23-12-14(19(22-23)15-4-2-3-5-16(15)21)13-24-8-10-25(11-9-24)20(29)30-26-17(27)6-7-18(26)28/h2-5,12H,6-11,13H2,1H3. The maximum atomic E-state index is 12.3. The molecule has 3 heterocycles. The highest BCUT2D eigenvalue weighted by atomic mass is 35.5. The molecule has 9 nitrogen and oxygen atoms in total. The zero-order valence-electron chi connectivity index (χ0n) is 16.6. The van der Waals surface area contributed by atoms with Crippen molar-refractivity contribution in [2.45, 2.75) is 19.4 Å². The molecule has 0 N–H and O–H groups in total. The van der Waals surface area contributed by atoms with Crippen molar-refractivity contribution >= 4 is 29.5 Å². The first-order chi connectivity index (χ1) is 14.4. The molecule has 158 valence electrons. The Labute approximate surface area is 178 Å². The molecule has 0 unspecified atom stereocenters. The molecule has 0 aliphatic carbocycles. The van der Waals surface area contributed by atoms with Crippen molar-refractivity contribution in [2.75, 3.05) is 26.2 Å². The smallest absolute Gasteiger partial charge is 0.311 e. The number of piperazine rings is 1. The molecule has 2 fully saturated rings. The summed E-state index contributed by atoms with van der Waals surface area (Å²) >= 11 is 6.35. The molecule has 10 heteroatoms. The van der Waals surface area contributed by atoms with E-state index < -0.39 is 17.9 Å². The lowest BCUT2D eigenvalue weighted by molar-refractivity contribution is -0.174. The van der Waals surface area contributed by atoms with E-state index in [1.165, 1.54) is 4.90 Å². The highest BCUT2D eigenvalue weighted by Gasteiger charge is 2.35. The van der Waals surface area contributed by atoms with E-state index in [2.05, 4.69) is 10.00 Å². The molecule has 0 bridgehead atoms. The predicted molar refractivity (Wildman–Crippen MR) is 108 cm³/mol. The Kier molecular flexibility index (Phi) is 5.74. The van der Waals surface area contributed by atoms with Gasteiger partial charge in [-0.25, -0.2) is 4.79 Å². The molecule has 0 spiro atoms. The lowest BCUT2D eigenvalue weighted by atomic mass is 10.1. The second kappa shape index (κ2) is 8.45. The molecule has 30 heavy (non-hydrogen) atoms. The van der Waals surface area contributed by atoms with Gasteiger partial charge >= 0.3 is 6.09 Å². The van der Waals surface area contributed by atoms with Gasteiger partial charge in [-0.15, -0.1) is 5.06 Å². The highest BCUT2D eigenvalue weighted by Crippen LogP contribution is 2.29. The van der Waals surface area contributed by atoms with Crippen LogP contribution in [-0.4, -0.2) is 68.7 Å². The Morgan fingerprint density at radius 1 is 1.10 bits per heavy atom. The third-order valence-corrected chi connectivity index (χ3v) is 5.56. The van der Waals surface area contributed by atoms with Gasteiger partial charge in [-0.2, -0.15) is 5.10 Å². The van der Waals surface area contributed by atoms with Crippen LogP contribution in [-0.2, 0) is 28.0 Å². The van der Waals surface area contributed by atoms with Gasteiger partial charge in [0.25, 0.3) is 11.8 Å². The summed E-state index contributed by atoms with van der Waals surface area (Å²) < 4.78 is 1.77. The minimum absolute atomic E-state index is 0.0821. The zero-order valence-corrected chi connectivity index (χ0v) is 17.3. The van der Waals surface area contributed by atoms with Crippen LogP contribution < -0.4 is 0 Å². The normalized spacial score (nSPS) is 17.7. The maximum Gasteiger partial charge on any atom is 0.434 e. The van der Waals surface area contributed by atoms with Crippen LogP contribution in [0.2, 0.25) is 5.02 Å². The number of hydrogen-bond acceptors (Lipinski definition) is 6. The number of aryl methyl sites for hydroxylation is 1. The van der Waals surface area contributed by atoms with Crippen LogP contribution in [0.3, 0.4) is 0 Å². The highest BCUT2D eigenvalue weighted by molar-refractivity contribution is 6.33. The number of carbonyl (C=O) groups excluding carboxylic acids is 3. The van der Waals surface area contributed by atoms with Crippen molar-refractivity contribution < 1.29 is 19.2 Å². The van der Waals surface area contributed by atoms with E-state index in [-0.39, 0.29) is 12.8 Å². The average Bonchev–Trinajstić information content (AvgIpc) is 3.25. The number of amides is 3. The predicted octanol–water partition coefficient (Wildman–Crippen LogP) is 2.06. The Hall–Kier alpha value is -2.91. The monoisotopic (exact) mass is 431 g/mol. The fourth-order valence-corrected chi connectivity index (χ4v) is 3.88. The summed E-state index contributed by atoms with van der Waals surface area (Å²) in [5.41, 5.74) is 2.78. The fourth-order valence-electron chi connectivity index (χ4n) is 3.66. The number of hydroxylamine groups is 2. The molecule has 1 aromatic carbocycles. The number of rotatable bonds is 4. The van der Waals surface area contributed by atoms with E-state index in [1.807, 2.05) is 37.5 Å². The molecule has 3 amide bonds. The van der Waals surface area contributed by atoms with E-state index in [1.54, 1.807) is 4.68 Å². The van der Waals surface area contributed by atoms with Gasteiger partial charge in [0.1, 0.15) is 0 Å². The van der Waals surface area contributed by atoms with Gasteiger partial charge in [0.05, 0.1) is 10.7 Å². The van der Waals surface area contributed by atoms with E-state index in [0.717, 1.165) is 16.8 Å². The van der Waals surface area contributed by atoms with Crippen LogP contribution >= 0.6 is 11.6 Å². The minimum Gasteiger partial charge on any atom is -0.311 e. The maximum absolute atomic E-state index is 12.3. The van der Waals surface area contributed by atoms with Crippen LogP contribution in [0.15, 0.2) is 30.5 Å². The van der Waals surface area contributed by atoms with Crippen molar-refractivity contribution in [3.63, 3.8) is 0 Å². The molecule has 2 aliphatic rings. The summed E-state index contributed by atoms with van der Waals surface area (Å²) in [6.45, 7) is 2.82. The quantitative estimate of drug-likeness (QED) is 0.688. The molecule has 0 radical (unpaired) electrons. The SMILES string of the molecule is Cn1cc(CN2CCN(C(=O)ON3C(=O)CCC3=O)CC2)c(-c2ccccc2Cl)n1. The summed E-state index contributed by atoms with van der Waals surface area (Å²) in [5.74, 6) is -0.952. The summed E-state index contributed by atoms with van der Waals surface area (Å²) in [7, 11) is 1.87. The Balaban J connectivity index is 1.37. The van der Waals surface area contributed by atoms with Crippen molar-refractivity contribution in [3.8, 4) is 11.3 Å². The van der Waals surface area contributed by atoms with Gasteiger partial charge in [0.15, 0.2) is 0 Å².